The van der Waals surface area contributed by atoms with Crippen molar-refractivity contribution in [2.45, 2.75) is 65.1 Å². The van der Waals surface area contributed by atoms with Crippen LogP contribution in [0.3, 0.4) is 0 Å². The van der Waals surface area contributed by atoms with Gasteiger partial charge in [-0.1, -0.05) is 50.6 Å². The molecule has 1 fully saturated rings. The minimum atomic E-state index is -1.14. The molecule has 0 aliphatic carbocycles. The third-order valence-electron chi connectivity index (χ3n) is 4.91. The second kappa shape index (κ2) is 8.93. The van der Waals surface area contributed by atoms with Crippen molar-refractivity contribution in [3.05, 3.63) is 47.2 Å². The molecular weight excluding hydrogens is 315 g/mol. The Hall–Kier alpha value is -1.97. The lowest BCUT2D eigenvalue weighted by atomic mass is 10.0. The van der Waals surface area contributed by atoms with Gasteiger partial charge in [0.1, 0.15) is 11.5 Å². The Kier molecular flexibility index (Phi) is 6.91. The zero-order chi connectivity index (χ0) is 18.4. The van der Waals surface area contributed by atoms with Crippen molar-refractivity contribution in [3.63, 3.8) is 0 Å². The van der Waals surface area contributed by atoms with Gasteiger partial charge in [0, 0.05) is 19.9 Å². The van der Waals surface area contributed by atoms with E-state index in [-0.39, 0.29) is 11.8 Å². The number of halogens is 1. The smallest absolute Gasteiger partial charge is 0.181 e. The normalized spacial score (nSPS) is 23.1. The molecule has 4 heteroatoms. The monoisotopic (exact) mass is 344 g/mol. The largest absolute Gasteiger partial charge is 0.353 e. The number of benzene rings is 1. The maximum Gasteiger partial charge on any atom is 0.181 e. The first-order valence-corrected chi connectivity index (χ1v) is 9.22. The second-order valence-electron chi connectivity index (χ2n) is 6.72. The zero-order valence-electron chi connectivity index (χ0n) is 15.8. The third kappa shape index (κ3) is 4.56. The molecule has 0 bridgehead atoms. The number of likely N-dealkylation sites (tertiary alicyclic amines) is 1. The molecule has 0 saturated carbocycles. The molecule has 1 heterocycles. The van der Waals surface area contributed by atoms with Crippen molar-refractivity contribution < 1.29 is 9.18 Å². The molecule has 25 heavy (non-hydrogen) atoms. The minimum Gasteiger partial charge on any atom is -0.353 e. The molecule has 2 rings (SSSR count). The summed E-state index contributed by atoms with van der Waals surface area (Å²) in [4.78, 5) is 19.0. The lowest BCUT2D eigenvalue weighted by Gasteiger charge is -2.22. The van der Waals surface area contributed by atoms with Crippen LogP contribution in [-0.4, -0.2) is 29.7 Å². The highest BCUT2D eigenvalue weighted by Gasteiger charge is 2.36. The molecule has 2 atom stereocenters. The fraction of sp³-hybridized carbons (Fsp3) is 0.524. The van der Waals surface area contributed by atoms with Gasteiger partial charge in [0.05, 0.1) is 6.04 Å². The first kappa shape index (κ1) is 19.4. The van der Waals surface area contributed by atoms with Crippen LogP contribution in [0.2, 0.25) is 0 Å². The number of nitrogens with zero attached hydrogens (tertiary/aromatic N) is 2. The SMILES string of the molecule is CCCCC(=O)C(/N=C1/C(F)CC(c2ccccc2)N1C)=C(\C)CC. The fourth-order valence-electron chi connectivity index (χ4n) is 3.16. The first-order chi connectivity index (χ1) is 12.0. The molecule has 0 aromatic heterocycles. The average Bonchev–Trinajstić information content (AvgIpc) is 2.91. The van der Waals surface area contributed by atoms with Crippen LogP contribution in [0.15, 0.2) is 46.6 Å². The number of carbonyl (C=O) groups is 1. The Balaban J connectivity index is 2.31. The maximum atomic E-state index is 14.7. The van der Waals surface area contributed by atoms with E-state index in [0.717, 1.165) is 30.4 Å². The quantitative estimate of drug-likeness (QED) is 0.633. The summed E-state index contributed by atoms with van der Waals surface area (Å²) < 4.78 is 14.7. The number of hydrogen-bond donors (Lipinski definition) is 0. The number of aliphatic imine (C=N–C) groups is 1. The first-order valence-electron chi connectivity index (χ1n) is 9.22. The summed E-state index contributed by atoms with van der Waals surface area (Å²) in [7, 11) is 1.87. The number of ketones is 1. The van der Waals surface area contributed by atoms with E-state index >= 15 is 0 Å². The van der Waals surface area contributed by atoms with Crippen LogP contribution in [0.4, 0.5) is 4.39 Å². The van der Waals surface area contributed by atoms with Crippen LogP contribution in [-0.2, 0) is 4.79 Å². The molecule has 1 aliphatic heterocycles. The van der Waals surface area contributed by atoms with Gasteiger partial charge in [0.25, 0.3) is 0 Å². The lowest BCUT2D eigenvalue weighted by Crippen LogP contribution is -2.27. The fourth-order valence-corrected chi connectivity index (χ4v) is 3.16. The summed E-state index contributed by atoms with van der Waals surface area (Å²) >= 11 is 0. The van der Waals surface area contributed by atoms with E-state index in [9.17, 15) is 9.18 Å². The van der Waals surface area contributed by atoms with Gasteiger partial charge in [-0.15, -0.1) is 0 Å². The number of Topliss-reactive ketones (excluding diaryl/α,β-unsaturated/α-hetero) is 1. The summed E-state index contributed by atoms with van der Waals surface area (Å²) in [6.45, 7) is 5.98. The molecule has 0 amide bonds. The van der Waals surface area contributed by atoms with Crippen molar-refractivity contribution in [1.82, 2.24) is 4.90 Å². The van der Waals surface area contributed by atoms with Crippen LogP contribution in [0, 0.1) is 0 Å². The van der Waals surface area contributed by atoms with E-state index in [0.29, 0.717) is 24.4 Å². The number of rotatable bonds is 7. The predicted octanol–water partition coefficient (Wildman–Crippen LogP) is 5.24. The number of allylic oxidation sites excluding steroid dienone is 2. The number of alkyl halides is 1. The Labute approximate surface area is 150 Å². The third-order valence-corrected chi connectivity index (χ3v) is 4.91. The van der Waals surface area contributed by atoms with Crippen LogP contribution in [0.1, 0.15) is 64.5 Å². The van der Waals surface area contributed by atoms with Gasteiger partial charge in [0.15, 0.2) is 12.0 Å². The number of carbonyl (C=O) groups excluding carboxylic acids is 1. The highest BCUT2D eigenvalue weighted by Crippen LogP contribution is 2.34. The van der Waals surface area contributed by atoms with E-state index < -0.39 is 6.17 Å². The van der Waals surface area contributed by atoms with E-state index in [4.69, 9.17) is 0 Å². The molecule has 0 radical (unpaired) electrons. The van der Waals surface area contributed by atoms with Crippen LogP contribution in [0.5, 0.6) is 0 Å². The van der Waals surface area contributed by atoms with Crippen LogP contribution < -0.4 is 0 Å². The molecule has 1 saturated heterocycles. The molecular formula is C21H29FN2O. The summed E-state index contributed by atoms with van der Waals surface area (Å²) in [6.07, 6.45) is 2.25. The van der Waals surface area contributed by atoms with E-state index in [1.165, 1.54) is 0 Å². The van der Waals surface area contributed by atoms with Crippen molar-refractivity contribution >= 4 is 11.6 Å². The van der Waals surface area contributed by atoms with E-state index in [1.807, 2.05) is 56.1 Å². The molecule has 1 aromatic carbocycles. The van der Waals surface area contributed by atoms with Crippen LogP contribution in [0.25, 0.3) is 0 Å². The Morgan fingerprint density at radius 2 is 1.96 bits per heavy atom. The molecule has 1 aromatic rings. The summed E-state index contributed by atoms with van der Waals surface area (Å²) in [5, 5.41) is 0. The molecule has 3 nitrogen and oxygen atoms in total. The van der Waals surface area contributed by atoms with E-state index in [2.05, 4.69) is 11.9 Å². The Morgan fingerprint density at radius 3 is 2.56 bits per heavy atom. The highest BCUT2D eigenvalue weighted by molar-refractivity contribution is 6.00. The number of amidine groups is 1. The summed E-state index contributed by atoms with van der Waals surface area (Å²) in [6, 6.07) is 9.87. The van der Waals surface area contributed by atoms with Gasteiger partial charge >= 0.3 is 0 Å². The second-order valence-corrected chi connectivity index (χ2v) is 6.72. The molecule has 1 aliphatic rings. The van der Waals surface area contributed by atoms with Crippen molar-refractivity contribution in [1.29, 1.82) is 0 Å². The topological polar surface area (TPSA) is 32.7 Å². The van der Waals surface area contributed by atoms with Gasteiger partial charge in [-0.3, -0.25) is 4.79 Å². The van der Waals surface area contributed by atoms with Gasteiger partial charge in [-0.05, 0) is 30.9 Å². The standard InChI is InChI=1S/C21H29FN2O/c1-5-7-13-19(25)20(15(3)6-2)23-21-17(22)14-18(24(21)4)16-11-9-8-10-12-16/h8-12,17-18H,5-7,13-14H2,1-4H3/b20-15-,23-21-. The molecule has 136 valence electrons. The molecule has 0 spiro atoms. The predicted molar refractivity (Wildman–Crippen MR) is 101 cm³/mol. The zero-order valence-corrected chi connectivity index (χ0v) is 15.8. The average molecular weight is 344 g/mol. The Morgan fingerprint density at radius 1 is 1.28 bits per heavy atom. The Bertz CT molecular complexity index is 651. The summed E-state index contributed by atoms with van der Waals surface area (Å²) in [5.41, 5.74) is 2.46. The van der Waals surface area contributed by atoms with Gasteiger partial charge in [0.2, 0.25) is 0 Å². The van der Waals surface area contributed by atoms with Gasteiger partial charge < -0.3 is 4.90 Å². The van der Waals surface area contributed by atoms with Crippen LogP contribution >= 0.6 is 0 Å². The summed E-state index contributed by atoms with van der Waals surface area (Å²) in [5.74, 6) is 0.402. The van der Waals surface area contributed by atoms with E-state index in [1.54, 1.807) is 0 Å². The number of hydrogen-bond acceptors (Lipinski definition) is 2. The highest BCUT2D eigenvalue weighted by atomic mass is 19.1. The minimum absolute atomic E-state index is 0.0254. The van der Waals surface area contributed by atoms with Crippen molar-refractivity contribution in [3.8, 4) is 0 Å². The van der Waals surface area contributed by atoms with Crippen molar-refractivity contribution in [2.75, 3.05) is 7.05 Å². The van der Waals surface area contributed by atoms with Gasteiger partial charge in [-0.25, -0.2) is 9.38 Å². The maximum absolute atomic E-state index is 14.7. The lowest BCUT2D eigenvalue weighted by molar-refractivity contribution is -0.115. The number of unbranched alkanes of at least 4 members (excludes halogenated alkanes) is 1. The van der Waals surface area contributed by atoms with Crippen molar-refractivity contribution in [2.24, 2.45) is 4.99 Å². The molecule has 2 unspecified atom stereocenters. The molecule has 0 N–H and O–H groups in total. The van der Waals surface area contributed by atoms with Gasteiger partial charge in [-0.2, -0.15) is 0 Å².